The molecule has 18 heavy (non-hydrogen) atoms. The van der Waals surface area contributed by atoms with Crippen molar-refractivity contribution in [2.45, 2.75) is 32.2 Å². The molecular formula is C13H22N2O2S. The Hall–Kier alpha value is -0.910. The molecule has 0 bridgehead atoms. The second-order valence-electron chi connectivity index (χ2n) is 5.08. The first kappa shape index (κ1) is 15.1. The maximum atomic E-state index is 11.9. The first-order chi connectivity index (χ1) is 8.35. The van der Waals surface area contributed by atoms with Gasteiger partial charge >= 0.3 is 0 Å². The minimum atomic E-state index is -3.27. The minimum Gasteiger partial charge on any atom is -0.330 e. The molecule has 0 radical (unpaired) electrons. The van der Waals surface area contributed by atoms with Crippen LogP contribution in [0.5, 0.6) is 0 Å². The molecule has 0 unspecified atom stereocenters. The monoisotopic (exact) mass is 270 g/mol. The highest BCUT2D eigenvalue weighted by atomic mass is 32.2. The Balaban J connectivity index is 2.55. The largest absolute Gasteiger partial charge is 0.330 e. The van der Waals surface area contributed by atoms with Crippen molar-refractivity contribution in [3.8, 4) is 0 Å². The fraction of sp³-hybridized carbons (Fsp3) is 0.538. The summed E-state index contributed by atoms with van der Waals surface area (Å²) in [6.07, 6.45) is 1.15. The third-order valence-corrected chi connectivity index (χ3v) is 4.31. The van der Waals surface area contributed by atoms with Crippen LogP contribution in [-0.4, -0.2) is 26.3 Å². The van der Waals surface area contributed by atoms with Gasteiger partial charge in [0.1, 0.15) is 0 Å². The van der Waals surface area contributed by atoms with E-state index in [1.54, 1.807) is 0 Å². The van der Waals surface area contributed by atoms with Gasteiger partial charge in [-0.05, 0) is 38.8 Å². The van der Waals surface area contributed by atoms with Crippen LogP contribution in [0.3, 0.4) is 0 Å². The van der Waals surface area contributed by atoms with E-state index in [1.807, 2.05) is 44.2 Å². The smallest absolute Gasteiger partial charge is 0.212 e. The van der Waals surface area contributed by atoms with E-state index in [0.29, 0.717) is 19.4 Å². The van der Waals surface area contributed by atoms with Gasteiger partial charge in [0.2, 0.25) is 10.0 Å². The summed E-state index contributed by atoms with van der Waals surface area (Å²) in [6, 6.07) is 9.60. The molecule has 0 spiro atoms. The van der Waals surface area contributed by atoms with Gasteiger partial charge in [-0.15, -0.1) is 0 Å². The van der Waals surface area contributed by atoms with Crippen LogP contribution in [0.15, 0.2) is 30.3 Å². The molecule has 0 aliphatic heterocycles. The SMILES string of the molecule is CC(C)(CCN)NS(=O)(=O)CCc1ccccc1. The van der Waals surface area contributed by atoms with Crippen molar-refractivity contribution in [2.75, 3.05) is 12.3 Å². The van der Waals surface area contributed by atoms with Gasteiger partial charge in [0.25, 0.3) is 0 Å². The molecule has 0 aliphatic carbocycles. The maximum Gasteiger partial charge on any atom is 0.212 e. The Morgan fingerprint density at radius 1 is 1.22 bits per heavy atom. The van der Waals surface area contributed by atoms with Crippen molar-refractivity contribution in [2.24, 2.45) is 5.73 Å². The quantitative estimate of drug-likeness (QED) is 0.784. The number of sulfonamides is 1. The second kappa shape index (κ2) is 6.31. The second-order valence-corrected chi connectivity index (χ2v) is 6.92. The standard InChI is InChI=1S/C13H22N2O2S/c1-13(2,9-10-14)15-18(16,17)11-8-12-6-4-3-5-7-12/h3-7,15H,8-11,14H2,1-2H3. The minimum absolute atomic E-state index is 0.102. The zero-order valence-electron chi connectivity index (χ0n) is 11.0. The van der Waals surface area contributed by atoms with E-state index in [9.17, 15) is 8.42 Å². The molecule has 5 heteroatoms. The van der Waals surface area contributed by atoms with Crippen molar-refractivity contribution in [3.63, 3.8) is 0 Å². The molecule has 0 fully saturated rings. The lowest BCUT2D eigenvalue weighted by Crippen LogP contribution is -2.45. The summed E-state index contributed by atoms with van der Waals surface area (Å²) in [5.74, 6) is 0.102. The van der Waals surface area contributed by atoms with Crippen LogP contribution in [0, 0.1) is 0 Å². The van der Waals surface area contributed by atoms with Gasteiger partial charge in [-0.1, -0.05) is 30.3 Å². The summed E-state index contributed by atoms with van der Waals surface area (Å²) < 4.78 is 26.6. The molecule has 0 saturated heterocycles. The summed E-state index contributed by atoms with van der Waals surface area (Å²) >= 11 is 0. The number of nitrogens with one attached hydrogen (secondary N) is 1. The molecule has 4 nitrogen and oxygen atoms in total. The molecule has 1 aromatic rings. The average Bonchev–Trinajstić information content (AvgIpc) is 2.26. The lowest BCUT2D eigenvalue weighted by molar-refractivity contribution is 0.428. The van der Waals surface area contributed by atoms with E-state index in [4.69, 9.17) is 5.73 Å². The van der Waals surface area contributed by atoms with Gasteiger partial charge in [0.05, 0.1) is 5.75 Å². The van der Waals surface area contributed by atoms with Crippen LogP contribution in [0.4, 0.5) is 0 Å². The normalized spacial score (nSPS) is 12.6. The first-order valence-corrected chi connectivity index (χ1v) is 7.75. The van der Waals surface area contributed by atoms with Crippen LogP contribution in [0.25, 0.3) is 0 Å². The van der Waals surface area contributed by atoms with Crippen LogP contribution >= 0.6 is 0 Å². The highest BCUT2D eigenvalue weighted by molar-refractivity contribution is 7.89. The molecular weight excluding hydrogens is 248 g/mol. The van der Waals surface area contributed by atoms with Gasteiger partial charge < -0.3 is 5.73 Å². The van der Waals surface area contributed by atoms with Gasteiger partial charge in [-0.3, -0.25) is 0 Å². The van der Waals surface area contributed by atoms with Gasteiger partial charge in [0, 0.05) is 5.54 Å². The Bertz CT molecular complexity index is 455. The lowest BCUT2D eigenvalue weighted by atomic mass is 10.0. The number of benzene rings is 1. The van der Waals surface area contributed by atoms with E-state index >= 15 is 0 Å². The van der Waals surface area contributed by atoms with E-state index in [2.05, 4.69) is 4.72 Å². The zero-order valence-corrected chi connectivity index (χ0v) is 11.8. The van der Waals surface area contributed by atoms with E-state index in [1.165, 1.54) is 0 Å². The number of rotatable bonds is 7. The van der Waals surface area contributed by atoms with Crippen molar-refractivity contribution in [1.82, 2.24) is 4.72 Å². The van der Waals surface area contributed by atoms with Crippen molar-refractivity contribution in [3.05, 3.63) is 35.9 Å². The third kappa shape index (κ3) is 5.62. The highest BCUT2D eigenvalue weighted by Crippen LogP contribution is 2.10. The molecule has 0 saturated carbocycles. The van der Waals surface area contributed by atoms with Crippen LogP contribution in [-0.2, 0) is 16.4 Å². The maximum absolute atomic E-state index is 11.9. The van der Waals surface area contributed by atoms with Crippen molar-refractivity contribution < 1.29 is 8.42 Å². The third-order valence-electron chi connectivity index (χ3n) is 2.70. The fourth-order valence-corrected chi connectivity index (χ4v) is 3.33. The molecule has 0 aromatic heterocycles. The average molecular weight is 270 g/mol. The van der Waals surface area contributed by atoms with Crippen LogP contribution < -0.4 is 10.5 Å². The Morgan fingerprint density at radius 3 is 2.39 bits per heavy atom. The Kier molecular flexibility index (Phi) is 5.31. The molecule has 3 N–H and O–H groups in total. The Morgan fingerprint density at radius 2 is 1.83 bits per heavy atom. The van der Waals surface area contributed by atoms with Gasteiger partial charge in [-0.2, -0.15) is 0 Å². The lowest BCUT2D eigenvalue weighted by Gasteiger charge is -2.25. The van der Waals surface area contributed by atoms with Crippen molar-refractivity contribution in [1.29, 1.82) is 0 Å². The van der Waals surface area contributed by atoms with Gasteiger partial charge in [0.15, 0.2) is 0 Å². The van der Waals surface area contributed by atoms with Crippen molar-refractivity contribution >= 4 is 10.0 Å². The van der Waals surface area contributed by atoms with E-state index < -0.39 is 15.6 Å². The highest BCUT2D eigenvalue weighted by Gasteiger charge is 2.23. The topological polar surface area (TPSA) is 72.2 Å². The predicted octanol–water partition coefficient (Wildman–Crippen LogP) is 1.28. The van der Waals surface area contributed by atoms with E-state index in [-0.39, 0.29) is 5.75 Å². The van der Waals surface area contributed by atoms with E-state index in [0.717, 1.165) is 5.56 Å². The fourth-order valence-electron chi connectivity index (χ4n) is 1.78. The number of hydrogen-bond donors (Lipinski definition) is 2. The molecule has 0 heterocycles. The summed E-state index contributed by atoms with van der Waals surface area (Å²) in [5.41, 5.74) is 6.01. The zero-order chi connectivity index (χ0) is 13.6. The summed E-state index contributed by atoms with van der Waals surface area (Å²) in [4.78, 5) is 0. The number of hydrogen-bond acceptors (Lipinski definition) is 3. The molecule has 0 aliphatic rings. The molecule has 1 aromatic carbocycles. The Labute approximate surface area is 110 Å². The molecule has 0 atom stereocenters. The molecule has 102 valence electrons. The van der Waals surface area contributed by atoms with Gasteiger partial charge in [-0.25, -0.2) is 13.1 Å². The number of nitrogens with two attached hydrogens (primary N) is 1. The van der Waals surface area contributed by atoms with Crippen LogP contribution in [0.1, 0.15) is 25.8 Å². The molecule has 0 amide bonds. The predicted molar refractivity (Wildman–Crippen MR) is 74.8 cm³/mol. The summed E-state index contributed by atoms with van der Waals surface area (Å²) in [6.45, 7) is 4.16. The summed E-state index contributed by atoms with van der Waals surface area (Å²) in [5, 5.41) is 0. The van der Waals surface area contributed by atoms with Crippen LogP contribution in [0.2, 0.25) is 0 Å². The first-order valence-electron chi connectivity index (χ1n) is 6.10. The molecule has 1 rings (SSSR count). The number of aryl methyl sites for hydroxylation is 1. The summed E-state index contributed by atoms with van der Waals surface area (Å²) in [7, 11) is -3.27.